The Bertz CT molecular complexity index is 479. The zero-order chi connectivity index (χ0) is 15.2. The fourth-order valence-electron chi connectivity index (χ4n) is 3.01. The molecule has 0 aromatic heterocycles. The Morgan fingerprint density at radius 3 is 2.52 bits per heavy atom. The van der Waals surface area contributed by atoms with Crippen LogP contribution in [0.3, 0.4) is 0 Å². The van der Waals surface area contributed by atoms with Crippen molar-refractivity contribution in [2.75, 3.05) is 13.7 Å². The summed E-state index contributed by atoms with van der Waals surface area (Å²) in [6.07, 6.45) is 6.23. The summed E-state index contributed by atoms with van der Waals surface area (Å²) in [6.45, 7) is 2.98. The number of phenolic OH excluding ortho intramolecular Hbond substituents is 1. The van der Waals surface area contributed by atoms with Gasteiger partial charge in [0.2, 0.25) is 0 Å². The number of amides is 1. The molecule has 2 rings (SSSR count). The summed E-state index contributed by atoms with van der Waals surface area (Å²) in [5.74, 6) is 1.70. The molecule has 0 heterocycles. The van der Waals surface area contributed by atoms with Gasteiger partial charge in [-0.3, -0.25) is 4.79 Å². The summed E-state index contributed by atoms with van der Waals surface area (Å²) in [7, 11) is 1.49. The van der Waals surface area contributed by atoms with Crippen LogP contribution in [0.2, 0.25) is 0 Å². The van der Waals surface area contributed by atoms with Crippen molar-refractivity contribution in [2.24, 2.45) is 11.8 Å². The molecule has 1 saturated carbocycles. The van der Waals surface area contributed by atoms with E-state index in [9.17, 15) is 9.90 Å². The molecule has 0 saturated heterocycles. The van der Waals surface area contributed by atoms with E-state index in [1.165, 1.54) is 45.3 Å². The molecule has 0 radical (unpaired) electrons. The lowest BCUT2D eigenvalue weighted by molar-refractivity contribution is 0.0940. The molecule has 1 aliphatic carbocycles. The van der Waals surface area contributed by atoms with E-state index < -0.39 is 0 Å². The number of phenols is 1. The molecule has 1 aromatic rings. The molecule has 0 aliphatic heterocycles. The van der Waals surface area contributed by atoms with Gasteiger partial charge >= 0.3 is 0 Å². The molecular weight excluding hydrogens is 266 g/mol. The van der Waals surface area contributed by atoms with Gasteiger partial charge in [0, 0.05) is 12.1 Å². The third kappa shape index (κ3) is 4.13. The normalized spacial score (nSPS) is 21.8. The van der Waals surface area contributed by atoms with E-state index in [2.05, 4.69) is 12.2 Å². The Kier molecular flexibility index (Phi) is 5.48. The van der Waals surface area contributed by atoms with Crippen LogP contribution in [0.5, 0.6) is 11.5 Å². The molecule has 1 fully saturated rings. The molecule has 116 valence electrons. The summed E-state index contributed by atoms with van der Waals surface area (Å²) in [5.41, 5.74) is 0.468. The number of aromatic hydroxyl groups is 1. The van der Waals surface area contributed by atoms with Crippen LogP contribution in [-0.4, -0.2) is 24.7 Å². The quantitative estimate of drug-likeness (QED) is 0.874. The highest BCUT2D eigenvalue weighted by Crippen LogP contribution is 2.30. The van der Waals surface area contributed by atoms with E-state index in [-0.39, 0.29) is 11.7 Å². The first-order chi connectivity index (χ1) is 10.1. The zero-order valence-corrected chi connectivity index (χ0v) is 12.9. The van der Waals surface area contributed by atoms with Crippen LogP contribution in [-0.2, 0) is 0 Å². The number of nitrogens with one attached hydrogen (secondary N) is 1. The Hall–Kier alpha value is -1.71. The highest BCUT2D eigenvalue weighted by Gasteiger charge is 2.20. The van der Waals surface area contributed by atoms with Crippen molar-refractivity contribution in [3.63, 3.8) is 0 Å². The molecule has 0 atom stereocenters. The van der Waals surface area contributed by atoms with Crippen molar-refractivity contribution in [1.82, 2.24) is 5.32 Å². The van der Waals surface area contributed by atoms with E-state index in [1.54, 1.807) is 12.1 Å². The minimum absolute atomic E-state index is 0.00592. The zero-order valence-electron chi connectivity index (χ0n) is 12.9. The third-order valence-corrected chi connectivity index (χ3v) is 4.54. The predicted molar refractivity (Wildman–Crippen MR) is 82.7 cm³/mol. The second-order valence-electron chi connectivity index (χ2n) is 5.89. The number of carbonyl (C=O) groups is 1. The highest BCUT2D eigenvalue weighted by molar-refractivity contribution is 5.94. The fourth-order valence-corrected chi connectivity index (χ4v) is 3.01. The number of rotatable bonds is 5. The minimum atomic E-state index is -0.134. The second-order valence-corrected chi connectivity index (χ2v) is 5.89. The molecule has 2 N–H and O–H groups in total. The van der Waals surface area contributed by atoms with E-state index >= 15 is 0 Å². The summed E-state index contributed by atoms with van der Waals surface area (Å²) in [5, 5.41) is 12.7. The van der Waals surface area contributed by atoms with Gasteiger partial charge in [-0.05, 0) is 42.9 Å². The van der Waals surface area contributed by atoms with Crippen LogP contribution in [0.1, 0.15) is 49.4 Å². The summed E-state index contributed by atoms with van der Waals surface area (Å²) in [4.78, 5) is 12.1. The monoisotopic (exact) mass is 291 g/mol. The third-order valence-electron chi connectivity index (χ3n) is 4.54. The molecule has 1 aliphatic rings. The molecule has 0 spiro atoms. The molecule has 21 heavy (non-hydrogen) atoms. The van der Waals surface area contributed by atoms with Crippen molar-refractivity contribution in [3.8, 4) is 11.5 Å². The minimum Gasteiger partial charge on any atom is -0.504 e. The van der Waals surface area contributed by atoms with Crippen molar-refractivity contribution < 1.29 is 14.6 Å². The van der Waals surface area contributed by atoms with Crippen LogP contribution < -0.4 is 10.1 Å². The number of methoxy groups -OCH3 is 1. The molecule has 1 aromatic carbocycles. The first-order valence-electron chi connectivity index (χ1n) is 7.79. The average molecular weight is 291 g/mol. The maximum Gasteiger partial charge on any atom is 0.251 e. The topological polar surface area (TPSA) is 58.6 Å². The van der Waals surface area contributed by atoms with Crippen molar-refractivity contribution in [2.45, 2.75) is 39.0 Å². The van der Waals surface area contributed by atoms with E-state index in [1.807, 2.05) is 0 Å². The summed E-state index contributed by atoms with van der Waals surface area (Å²) >= 11 is 0. The van der Waals surface area contributed by atoms with Crippen molar-refractivity contribution in [1.29, 1.82) is 0 Å². The van der Waals surface area contributed by atoms with Crippen LogP contribution >= 0.6 is 0 Å². The SMILES string of the molecule is CCC1CCC(CNC(=O)c2ccc(OC)c(O)c2)CC1. The summed E-state index contributed by atoms with van der Waals surface area (Å²) in [6, 6.07) is 4.72. The van der Waals surface area contributed by atoms with Gasteiger partial charge in [-0.25, -0.2) is 0 Å². The van der Waals surface area contributed by atoms with Crippen LogP contribution in [0.25, 0.3) is 0 Å². The first-order valence-corrected chi connectivity index (χ1v) is 7.79. The average Bonchev–Trinajstić information content (AvgIpc) is 2.53. The van der Waals surface area contributed by atoms with Crippen LogP contribution in [0, 0.1) is 11.8 Å². The lowest BCUT2D eigenvalue weighted by atomic mass is 9.81. The lowest BCUT2D eigenvalue weighted by Gasteiger charge is -2.27. The Morgan fingerprint density at radius 1 is 1.29 bits per heavy atom. The standard InChI is InChI=1S/C17H25NO3/c1-3-12-4-6-13(7-5-12)11-18-17(20)14-8-9-16(21-2)15(19)10-14/h8-10,12-13,19H,3-7,11H2,1-2H3,(H,18,20). The van der Waals surface area contributed by atoms with Gasteiger partial charge in [0.1, 0.15) is 0 Å². The van der Waals surface area contributed by atoms with Crippen molar-refractivity contribution >= 4 is 5.91 Å². The maximum atomic E-state index is 12.1. The number of carbonyl (C=O) groups excluding carboxylic acids is 1. The number of hydrogen-bond acceptors (Lipinski definition) is 3. The van der Waals surface area contributed by atoms with Gasteiger partial charge in [0.15, 0.2) is 11.5 Å². The van der Waals surface area contributed by atoms with Gasteiger partial charge in [0.05, 0.1) is 7.11 Å². The van der Waals surface area contributed by atoms with Gasteiger partial charge in [0.25, 0.3) is 5.91 Å². The molecule has 4 nitrogen and oxygen atoms in total. The van der Waals surface area contributed by atoms with Crippen LogP contribution in [0.4, 0.5) is 0 Å². The molecule has 4 heteroatoms. The van der Waals surface area contributed by atoms with E-state index in [4.69, 9.17) is 4.74 Å². The maximum absolute atomic E-state index is 12.1. The van der Waals surface area contributed by atoms with Crippen molar-refractivity contribution in [3.05, 3.63) is 23.8 Å². The largest absolute Gasteiger partial charge is 0.504 e. The Balaban J connectivity index is 1.83. The fraction of sp³-hybridized carbons (Fsp3) is 0.588. The number of hydrogen-bond donors (Lipinski definition) is 2. The predicted octanol–water partition coefficient (Wildman–Crippen LogP) is 3.35. The van der Waals surface area contributed by atoms with Crippen LogP contribution in [0.15, 0.2) is 18.2 Å². The summed E-state index contributed by atoms with van der Waals surface area (Å²) < 4.78 is 4.97. The smallest absolute Gasteiger partial charge is 0.251 e. The molecular formula is C17H25NO3. The number of ether oxygens (including phenoxy) is 1. The molecule has 1 amide bonds. The van der Waals surface area contributed by atoms with Gasteiger partial charge < -0.3 is 15.2 Å². The Labute approximate surface area is 126 Å². The van der Waals surface area contributed by atoms with Gasteiger partial charge in [-0.2, -0.15) is 0 Å². The van der Waals surface area contributed by atoms with Gasteiger partial charge in [-0.1, -0.05) is 26.2 Å². The first kappa shape index (κ1) is 15.7. The highest BCUT2D eigenvalue weighted by atomic mass is 16.5. The lowest BCUT2D eigenvalue weighted by Crippen LogP contribution is -2.31. The van der Waals surface area contributed by atoms with Gasteiger partial charge in [-0.15, -0.1) is 0 Å². The Morgan fingerprint density at radius 2 is 1.95 bits per heavy atom. The molecule has 0 bridgehead atoms. The molecule has 0 unspecified atom stereocenters. The second kappa shape index (κ2) is 7.34. The van der Waals surface area contributed by atoms with E-state index in [0.717, 1.165) is 12.5 Å². The number of benzene rings is 1. The van der Waals surface area contributed by atoms with E-state index in [0.29, 0.717) is 17.2 Å².